The maximum Gasteiger partial charge on any atom is 0.351 e. The van der Waals surface area contributed by atoms with E-state index in [9.17, 15) is 22.8 Å². The molecule has 1 atom stereocenters. The Balaban J connectivity index is 1.58. The molecule has 0 aromatic heterocycles. The SMILES string of the molecule is O=C(ON1C(=O)c2ccccc2C1=O)C1CCCCN1S(=O)(=O)c1ccccc1. The third-order valence-electron chi connectivity index (χ3n) is 5.01. The van der Waals surface area contributed by atoms with Gasteiger partial charge in [-0.15, -0.1) is 0 Å². The lowest BCUT2D eigenvalue weighted by molar-refractivity contribution is -0.174. The fourth-order valence-electron chi connectivity index (χ4n) is 3.56. The van der Waals surface area contributed by atoms with Gasteiger partial charge in [0.15, 0.2) is 0 Å². The van der Waals surface area contributed by atoms with Gasteiger partial charge in [0.1, 0.15) is 6.04 Å². The number of benzene rings is 2. The molecule has 2 amide bonds. The summed E-state index contributed by atoms with van der Waals surface area (Å²) in [4.78, 5) is 42.8. The Bertz CT molecular complexity index is 1050. The molecule has 0 bridgehead atoms. The number of rotatable bonds is 4. The molecule has 2 aromatic carbocycles. The first-order chi connectivity index (χ1) is 13.9. The minimum absolute atomic E-state index is 0.0698. The van der Waals surface area contributed by atoms with Gasteiger partial charge < -0.3 is 4.84 Å². The highest BCUT2D eigenvalue weighted by Crippen LogP contribution is 2.28. The molecule has 0 radical (unpaired) electrons. The van der Waals surface area contributed by atoms with E-state index < -0.39 is 33.8 Å². The Labute approximate surface area is 167 Å². The largest absolute Gasteiger partial charge is 0.351 e. The van der Waals surface area contributed by atoms with Gasteiger partial charge in [0, 0.05) is 6.54 Å². The van der Waals surface area contributed by atoms with Crippen molar-refractivity contribution in [3.63, 3.8) is 0 Å². The third kappa shape index (κ3) is 3.32. The summed E-state index contributed by atoms with van der Waals surface area (Å²) >= 11 is 0. The normalized spacial score (nSPS) is 19.9. The predicted molar refractivity (Wildman–Crippen MR) is 101 cm³/mol. The third-order valence-corrected chi connectivity index (χ3v) is 6.94. The number of carbonyl (C=O) groups excluding carboxylic acids is 3. The number of imide groups is 1. The van der Waals surface area contributed by atoms with Gasteiger partial charge >= 0.3 is 5.97 Å². The fourth-order valence-corrected chi connectivity index (χ4v) is 5.22. The maximum absolute atomic E-state index is 13.0. The molecule has 8 nitrogen and oxygen atoms in total. The van der Waals surface area contributed by atoms with Gasteiger partial charge in [0.2, 0.25) is 10.0 Å². The number of nitrogens with zero attached hydrogens (tertiary/aromatic N) is 2. The molecule has 29 heavy (non-hydrogen) atoms. The van der Waals surface area contributed by atoms with Crippen molar-refractivity contribution in [2.75, 3.05) is 6.54 Å². The lowest BCUT2D eigenvalue weighted by Gasteiger charge is -2.33. The van der Waals surface area contributed by atoms with Gasteiger partial charge in [0.25, 0.3) is 11.8 Å². The van der Waals surface area contributed by atoms with E-state index in [0.717, 1.165) is 4.31 Å². The molecule has 2 aliphatic rings. The summed E-state index contributed by atoms with van der Waals surface area (Å²) in [6.07, 6.45) is 1.47. The van der Waals surface area contributed by atoms with Crippen molar-refractivity contribution in [2.24, 2.45) is 0 Å². The van der Waals surface area contributed by atoms with E-state index in [1.807, 2.05) is 0 Å². The smallest absolute Gasteiger partial charge is 0.328 e. The lowest BCUT2D eigenvalue weighted by Crippen LogP contribution is -2.50. The highest BCUT2D eigenvalue weighted by molar-refractivity contribution is 7.89. The number of carbonyl (C=O) groups is 3. The zero-order valence-corrected chi connectivity index (χ0v) is 16.2. The van der Waals surface area contributed by atoms with Crippen molar-refractivity contribution in [1.29, 1.82) is 0 Å². The highest BCUT2D eigenvalue weighted by Gasteiger charge is 2.43. The summed E-state index contributed by atoms with van der Waals surface area (Å²) in [7, 11) is -3.93. The van der Waals surface area contributed by atoms with Crippen LogP contribution >= 0.6 is 0 Å². The zero-order chi connectivity index (χ0) is 20.6. The number of fused-ring (bicyclic) bond motifs is 1. The Kier molecular flexibility index (Phi) is 4.93. The molecule has 2 aliphatic heterocycles. The predicted octanol–water partition coefficient (Wildman–Crippen LogP) is 1.98. The topological polar surface area (TPSA) is 101 Å². The molecule has 0 N–H and O–H groups in total. The van der Waals surface area contributed by atoms with Crippen LogP contribution in [0, 0.1) is 0 Å². The van der Waals surface area contributed by atoms with Crippen LogP contribution in [-0.4, -0.2) is 48.2 Å². The molecular formula is C20H18N2O6S. The maximum atomic E-state index is 13.0. The minimum Gasteiger partial charge on any atom is -0.328 e. The van der Waals surface area contributed by atoms with Crippen molar-refractivity contribution in [2.45, 2.75) is 30.2 Å². The van der Waals surface area contributed by atoms with Gasteiger partial charge in [-0.05, 0) is 43.5 Å². The van der Waals surface area contributed by atoms with E-state index in [1.165, 1.54) is 24.3 Å². The van der Waals surface area contributed by atoms with Crippen LogP contribution in [0.1, 0.15) is 40.0 Å². The van der Waals surface area contributed by atoms with E-state index in [2.05, 4.69) is 0 Å². The van der Waals surface area contributed by atoms with E-state index in [1.54, 1.807) is 30.3 Å². The van der Waals surface area contributed by atoms with Crippen LogP contribution in [0.15, 0.2) is 59.5 Å². The first-order valence-electron chi connectivity index (χ1n) is 9.18. The molecule has 1 saturated heterocycles. The summed E-state index contributed by atoms with van der Waals surface area (Å²) < 4.78 is 27.1. The van der Waals surface area contributed by atoms with Crippen LogP contribution in [0.4, 0.5) is 0 Å². The second-order valence-electron chi connectivity index (χ2n) is 6.80. The Morgan fingerprint density at radius 1 is 0.897 bits per heavy atom. The standard InChI is InChI=1S/C20H18N2O6S/c23-18-15-10-4-5-11-16(15)19(24)22(18)28-20(25)17-12-6-7-13-21(17)29(26,27)14-8-2-1-3-9-14/h1-5,8-11,17H,6-7,12-13H2. The zero-order valence-electron chi connectivity index (χ0n) is 15.4. The van der Waals surface area contributed by atoms with Crippen molar-refractivity contribution in [3.8, 4) is 0 Å². The number of amides is 2. The van der Waals surface area contributed by atoms with Crippen LogP contribution in [0.3, 0.4) is 0 Å². The molecule has 0 saturated carbocycles. The van der Waals surface area contributed by atoms with Crippen LogP contribution in [-0.2, 0) is 19.7 Å². The fraction of sp³-hybridized carbons (Fsp3) is 0.250. The summed E-state index contributed by atoms with van der Waals surface area (Å²) in [5.41, 5.74) is 0.283. The monoisotopic (exact) mass is 414 g/mol. The van der Waals surface area contributed by atoms with E-state index in [4.69, 9.17) is 4.84 Å². The summed E-state index contributed by atoms with van der Waals surface area (Å²) in [6.45, 7) is 0.152. The van der Waals surface area contributed by atoms with Gasteiger partial charge in [-0.2, -0.15) is 4.31 Å². The van der Waals surface area contributed by atoms with Gasteiger partial charge in [0.05, 0.1) is 16.0 Å². The van der Waals surface area contributed by atoms with Gasteiger partial charge in [-0.3, -0.25) is 9.59 Å². The molecule has 0 spiro atoms. The quantitative estimate of drug-likeness (QED) is 0.709. The average Bonchev–Trinajstić information content (AvgIpc) is 2.99. The first-order valence-corrected chi connectivity index (χ1v) is 10.6. The number of hydroxylamine groups is 2. The Morgan fingerprint density at radius 3 is 2.10 bits per heavy atom. The molecular weight excluding hydrogens is 396 g/mol. The first kappa shape index (κ1) is 19.3. The van der Waals surface area contributed by atoms with Crippen LogP contribution in [0.2, 0.25) is 0 Å². The van der Waals surface area contributed by atoms with Gasteiger partial charge in [-0.25, -0.2) is 13.2 Å². The summed E-state index contributed by atoms with van der Waals surface area (Å²) in [6, 6.07) is 12.8. The van der Waals surface area contributed by atoms with Crippen molar-refractivity contribution in [3.05, 3.63) is 65.7 Å². The number of sulfonamides is 1. The van der Waals surface area contributed by atoms with Crippen molar-refractivity contribution in [1.82, 2.24) is 9.37 Å². The molecule has 9 heteroatoms. The molecule has 2 heterocycles. The highest BCUT2D eigenvalue weighted by atomic mass is 32.2. The van der Waals surface area contributed by atoms with Crippen LogP contribution in [0.25, 0.3) is 0 Å². The van der Waals surface area contributed by atoms with Crippen LogP contribution in [0.5, 0.6) is 0 Å². The Hall–Kier alpha value is -3.04. The lowest BCUT2D eigenvalue weighted by atomic mass is 10.1. The number of hydrogen-bond acceptors (Lipinski definition) is 6. The molecule has 1 fully saturated rings. The number of piperidine rings is 1. The minimum atomic E-state index is -3.93. The van der Waals surface area contributed by atoms with Crippen molar-refractivity contribution < 1.29 is 27.6 Å². The second kappa shape index (κ2) is 7.41. The molecule has 1 unspecified atom stereocenters. The van der Waals surface area contributed by atoms with E-state index in [0.29, 0.717) is 17.9 Å². The molecule has 4 rings (SSSR count). The Morgan fingerprint density at radius 2 is 1.48 bits per heavy atom. The second-order valence-corrected chi connectivity index (χ2v) is 8.69. The van der Waals surface area contributed by atoms with Crippen LogP contribution < -0.4 is 0 Å². The van der Waals surface area contributed by atoms with Gasteiger partial charge in [-0.1, -0.05) is 35.4 Å². The molecule has 0 aliphatic carbocycles. The van der Waals surface area contributed by atoms with Crippen molar-refractivity contribution >= 4 is 27.8 Å². The number of hydrogen-bond donors (Lipinski definition) is 0. The average molecular weight is 414 g/mol. The van der Waals surface area contributed by atoms with E-state index >= 15 is 0 Å². The summed E-state index contributed by atoms with van der Waals surface area (Å²) in [5, 5.41) is 0.412. The molecule has 150 valence electrons. The molecule has 2 aromatic rings. The summed E-state index contributed by atoms with van der Waals surface area (Å²) in [5.74, 6) is -2.43. The van der Waals surface area contributed by atoms with E-state index in [-0.39, 0.29) is 29.0 Å².